The molecule has 0 bridgehead atoms. The van der Waals surface area contributed by atoms with E-state index in [1.165, 1.54) is 24.5 Å². The van der Waals surface area contributed by atoms with Gasteiger partial charge in [0.2, 0.25) is 16.0 Å². The van der Waals surface area contributed by atoms with Crippen LogP contribution in [-0.2, 0) is 10.0 Å². The lowest BCUT2D eigenvalue weighted by atomic mass is 10.0. The fourth-order valence-corrected chi connectivity index (χ4v) is 3.00. The van der Waals surface area contributed by atoms with Gasteiger partial charge in [-0.3, -0.25) is 0 Å². The molecule has 3 rings (SSSR count). The standard InChI is InChI=1S/C17H17F3N6O3S/c1-30(27,28)23-7-6-13(10-2-4-12(18)5-3-10)24-17-21-8-11(9-22-17)15-25-26-16(29-15)14(19)20/h2-5,8-9,13-14,23H,6-7H2,1H3,(H,21,22,24). The first-order chi connectivity index (χ1) is 14.2. The van der Waals surface area contributed by atoms with Crippen molar-refractivity contribution >= 4 is 16.0 Å². The summed E-state index contributed by atoms with van der Waals surface area (Å²) in [6.45, 7) is 0.129. The van der Waals surface area contributed by atoms with Crippen LogP contribution in [0.25, 0.3) is 11.5 Å². The largest absolute Gasteiger partial charge is 0.415 e. The predicted octanol–water partition coefficient (Wildman–Crippen LogP) is 2.70. The average Bonchev–Trinajstić information content (AvgIpc) is 3.18. The first kappa shape index (κ1) is 21.6. The number of halogens is 3. The van der Waals surface area contributed by atoms with Gasteiger partial charge in [0, 0.05) is 18.9 Å². The average molecular weight is 442 g/mol. The van der Waals surface area contributed by atoms with Crippen molar-refractivity contribution in [2.75, 3.05) is 18.1 Å². The molecule has 0 aliphatic heterocycles. The Bertz CT molecular complexity index is 1070. The maximum atomic E-state index is 13.2. The normalized spacial score (nSPS) is 12.8. The van der Waals surface area contributed by atoms with Crippen LogP contribution in [0.4, 0.5) is 19.1 Å². The molecular weight excluding hydrogens is 425 g/mol. The van der Waals surface area contributed by atoms with E-state index >= 15 is 0 Å². The Morgan fingerprint density at radius 2 is 1.77 bits per heavy atom. The zero-order valence-electron chi connectivity index (χ0n) is 15.6. The number of sulfonamides is 1. The second-order valence-corrected chi connectivity index (χ2v) is 8.08. The predicted molar refractivity (Wildman–Crippen MR) is 101 cm³/mol. The van der Waals surface area contributed by atoms with E-state index in [0.29, 0.717) is 12.0 Å². The summed E-state index contributed by atoms with van der Waals surface area (Å²) in [6, 6.07) is 5.26. The molecule has 2 aromatic heterocycles. The Hall–Kier alpha value is -3.06. The van der Waals surface area contributed by atoms with Gasteiger partial charge >= 0.3 is 6.43 Å². The van der Waals surface area contributed by atoms with Crippen molar-refractivity contribution < 1.29 is 26.0 Å². The first-order valence-electron chi connectivity index (χ1n) is 8.62. The SMILES string of the molecule is CS(=O)(=O)NCCC(Nc1ncc(-c2nnc(C(F)F)o2)cn1)c1ccc(F)cc1. The van der Waals surface area contributed by atoms with E-state index in [4.69, 9.17) is 4.42 Å². The van der Waals surface area contributed by atoms with Crippen molar-refractivity contribution in [3.63, 3.8) is 0 Å². The second kappa shape index (κ2) is 9.17. The number of hydrogen-bond donors (Lipinski definition) is 2. The first-order valence-corrected chi connectivity index (χ1v) is 10.5. The van der Waals surface area contributed by atoms with Crippen LogP contribution in [0, 0.1) is 5.82 Å². The highest BCUT2D eigenvalue weighted by Crippen LogP contribution is 2.24. The lowest BCUT2D eigenvalue weighted by Gasteiger charge is -2.19. The maximum Gasteiger partial charge on any atom is 0.314 e. The van der Waals surface area contributed by atoms with Crippen LogP contribution in [0.1, 0.15) is 30.3 Å². The van der Waals surface area contributed by atoms with Gasteiger partial charge in [0.15, 0.2) is 0 Å². The molecule has 0 amide bonds. The summed E-state index contributed by atoms with van der Waals surface area (Å²) < 4.78 is 68.2. The summed E-state index contributed by atoms with van der Waals surface area (Å²) in [6.07, 6.45) is 1.12. The third-order valence-electron chi connectivity index (χ3n) is 3.90. The number of nitrogens with zero attached hydrogens (tertiary/aromatic N) is 4. The molecule has 2 N–H and O–H groups in total. The van der Waals surface area contributed by atoms with Gasteiger partial charge in [-0.25, -0.2) is 27.5 Å². The highest BCUT2D eigenvalue weighted by molar-refractivity contribution is 7.88. The Morgan fingerprint density at radius 3 is 2.33 bits per heavy atom. The molecule has 160 valence electrons. The quantitative estimate of drug-likeness (QED) is 0.519. The monoisotopic (exact) mass is 442 g/mol. The minimum Gasteiger partial charge on any atom is -0.415 e. The summed E-state index contributed by atoms with van der Waals surface area (Å²) in [5.74, 6) is -1.18. The molecule has 0 aliphatic carbocycles. The molecule has 0 fully saturated rings. The van der Waals surface area contributed by atoms with E-state index in [1.54, 1.807) is 12.1 Å². The maximum absolute atomic E-state index is 13.2. The molecule has 1 unspecified atom stereocenters. The lowest BCUT2D eigenvalue weighted by molar-refractivity contribution is 0.116. The Labute approximate surface area is 169 Å². The molecule has 0 spiro atoms. The van der Waals surface area contributed by atoms with Crippen LogP contribution in [0.5, 0.6) is 0 Å². The third-order valence-corrected chi connectivity index (χ3v) is 4.63. The molecule has 13 heteroatoms. The van der Waals surface area contributed by atoms with E-state index < -0.39 is 34.2 Å². The van der Waals surface area contributed by atoms with Gasteiger partial charge in [-0.05, 0) is 24.1 Å². The zero-order valence-corrected chi connectivity index (χ0v) is 16.4. The summed E-state index contributed by atoms with van der Waals surface area (Å²) in [4.78, 5) is 8.20. The number of aromatic nitrogens is 4. The molecule has 30 heavy (non-hydrogen) atoms. The number of rotatable bonds is 9. The van der Waals surface area contributed by atoms with Gasteiger partial charge in [-0.2, -0.15) is 8.78 Å². The molecule has 0 aliphatic rings. The topological polar surface area (TPSA) is 123 Å². The van der Waals surface area contributed by atoms with Crippen molar-refractivity contribution in [1.82, 2.24) is 24.9 Å². The highest BCUT2D eigenvalue weighted by Gasteiger charge is 2.18. The Kier molecular flexibility index (Phi) is 6.62. The van der Waals surface area contributed by atoms with Crippen LogP contribution in [0.2, 0.25) is 0 Å². The van der Waals surface area contributed by atoms with Crippen LogP contribution in [-0.4, -0.2) is 41.4 Å². The van der Waals surface area contributed by atoms with Crippen LogP contribution in [0.3, 0.4) is 0 Å². The summed E-state index contributed by atoms with van der Waals surface area (Å²) >= 11 is 0. The zero-order chi connectivity index (χ0) is 21.7. The molecule has 1 aromatic carbocycles. The van der Waals surface area contributed by atoms with Crippen molar-refractivity contribution in [3.05, 3.63) is 53.9 Å². The van der Waals surface area contributed by atoms with Crippen molar-refractivity contribution in [1.29, 1.82) is 0 Å². The molecule has 3 aromatic rings. The molecule has 0 saturated carbocycles. The third kappa shape index (κ3) is 5.97. The Morgan fingerprint density at radius 1 is 1.10 bits per heavy atom. The lowest BCUT2D eigenvalue weighted by Crippen LogP contribution is -2.26. The molecule has 0 saturated heterocycles. The number of alkyl halides is 2. The van der Waals surface area contributed by atoms with E-state index in [9.17, 15) is 21.6 Å². The molecule has 0 radical (unpaired) electrons. The van der Waals surface area contributed by atoms with Crippen LogP contribution >= 0.6 is 0 Å². The number of hydrogen-bond acceptors (Lipinski definition) is 8. The summed E-state index contributed by atoms with van der Waals surface area (Å²) in [5.41, 5.74) is 0.940. The van der Waals surface area contributed by atoms with Crippen molar-refractivity contribution in [3.8, 4) is 11.5 Å². The van der Waals surface area contributed by atoms with Gasteiger partial charge in [-0.1, -0.05) is 12.1 Å². The number of nitrogens with one attached hydrogen (secondary N) is 2. The van der Waals surface area contributed by atoms with Gasteiger partial charge < -0.3 is 9.73 Å². The fraction of sp³-hybridized carbons (Fsp3) is 0.294. The number of anilines is 1. The van der Waals surface area contributed by atoms with E-state index in [2.05, 4.69) is 30.2 Å². The van der Waals surface area contributed by atoms with E-state index in [-0.39, 0.29) is 23.9 Å². The molecule has 2 heterocycles. The highest BCUT2D eigenvalue weighted by atomic mass is 32.2. The van der Waals surface area contributed by atoms with Gasteiger partial charge in [0.25, 0.3) is 11.8 Å². The molecule has 9 nitrogen and oxygen atoms in total. The van der Waals surface area contributed by atoms with Crippen molar-refractivity contribution in [2.45, 2.75) is 18.9 Å². The van der Waals surface area contributed by atoms with E-state index in [0.717, 1.165) is 6.26 Å². The number of benzene rings is 1. The Balaban J connectivity index is 1.74. The van der Waals surface area contributed by atoms with E-state index in [1.807, 2.05) is 0 Å². The summed E-state index contributed by atoms with van der Waals surface area (Å²) in [7, 11) is -3.37. The second-order valence-electron chi connectivity index (χ2n) is 6.25. The minimum atomic E-state index is -3.37. The van der Waals surface area contributed by atoms with Gasteiger partial charge in [0.1, 0.15) is 5.82 Å². The molecule has 1 atom stereocenters. The van der Waals surface area contributed by atoms with Crippen LogP contribution in [0.15, 0.2) is 41.1 Å². The summed E-state index contributed by atoms with van der Waals surface area (Å²) in [5, 5.41) is 9.80. The smallest absolute Gasteiger partial charge is 0.314 e. The van der Waals surface area contributed by atoms with Gasteiger partial charge in [-0.15, -0.1) is 10.2 Å². The fourth-order valence-electron chi connectivity index (χ4n) is 2.51. The van der Waals surface area contributed by atoms with Crippen LogP contribution < -0.4 is 10.0 Å². The molecular formula is C17H17F3N6O3S. The van der Waals surface area contributed by atoms with Gasteiger partial charge in [0.05, 0.1) is 17.9 Å². The van der Waals surface area contributed by atoms with Crippen molar-refractivity contribution in [2.24, 2.45) is 0 Å². The minimum absolute atomic E-state index is 0.129.